The lowest BCUT2D eigenvalue weighted by Gasteiger charge is -2.26. The van der Waals surface area contributed by atoms with E-state index in [1.54, 1.807) is 12.1 Å². The van der Waals surface area contributed by atoms with Gasteiger partial charge in [-0.25, -0.2) is 13.4 Å². The van der Waals surface area contributed by atoms with Gasteiger partial charge in [0.2, 0.25) is 0 Å². The Kier molecular flexibility index (Phi) is 5.58. The highest BCUT2D eigenvalue weighted by Gasteiger charge is 2.17. The number of hydrazine groups is 1. The summed E-state index contributed by atoms with van der Waals surface area (Å²) >= 11 is 0. The number of amides is 1. The van der Waals surface area contributed by atoms with Gasteiger partial charge in [0, 0.05) is 24.3 Å². The van der Waals surface area contributed by atoms with Gasteiger partial charge in [-0.1, -0.05) is 24.1 Å². The van der Waals surface area contributed by atoms with Gasteiger partial charge in [-0.15, -0.1) is 0 Å². The summed E-state index contributed by atoms with van der Waals surface area (Å²) in [6.07, 6.45) is 3.33. The van der Waals surface area contributed by atoms with E-state index in [9.17, 15) is 13.2 Å². The van der Waals surface area contributed by atoms with Crippen molar-refractivity contribution in [1.82, 2.24) is 10.4 Å². The van der Waals surface area contributed by atoms with Crippen LogP contribution in [0.1, 0.15) is 35.2 Å². The zero-order chi connectivity index (χ0) is 18.6. The summed E-state index contributed by atoms with van der Waals surface area (Å²) in [6, 6.07) is 13.1. The lowest BCUT2D eigenvalue weighted by molar-refractivity contribution is 0.0750. The van der Waals surface area contributed by atoms with Crippen molar-refractivity contribution in [2.45, 2.75) is 31.1 Å². The van der Waals surface area contributed by atoms with Gasteiger partial charge in [-0.3, -0.25) is 14.9 Å². The number of anilines is 1. The lowest BCUT2D eigenvalue weighted by Crippen LogP contribution is -2.45. The van der Waals surface area contributed by atoms with E-state index in [2.05, 4.69) is 10.1 Å². The van der Waals surface area contributed by atoms with Crippen LogP contribution < -0.4 is 10.1 Å². The Labute approximate surface area is 154 Å². The van der Waals surface area contributed by atoms with Gasteiger partial charge in [0.15, 0.2) is 0 Å². The quantitative estimate of drug-likeness (QED) is 0.845. The molecule has 0 saturated carbocycles. The number of hydrogen-bond acceptors (Lipinski definition) is 4. The fourth-order valence-corrected chi connectivity index (χ4v) is 3.89. The molecule has 7 heteroatoms. The first-order valence-electron chi connectivity index (χ1n) is 8.69. The van der Waals surface area contributed by atoms with E-state index in [0.717, 1.165) is 31.5 Å². The average Bonchev–Trinajstić information content (AvgIpc) is 2.64. The number of piperidine rings is 1. The number of nitrogens with zero attached hydrogens (tertiary/aromatic N) is 1. The van der Waals surface area contributed by atoms with Gasteiger partial charge in [0.25, 0.3) is 15.9 Å². The summed E-state index contributed by atoms with van der Waals surface area (Å²) in [5, 5.41) is 1.91. The van der Waals surface area contributed by atoms with E-state index in [1.165, 1.54) is 30.7 Å². The van der Waals surface area contributed by atoms with E-state index >= 15 is 0 Å². The van der Waals surface area contributed by atoms with Crippen LogP contribution in [0.2, 0.25) is 0 Å². The third kappa shape index (κ3) is 4.62. The number of carbonyl (C=O) groups is 1. The minimum absolute atomic E-state index is 0.118. The molecule has 1 fully saturated rings. The third-order valence-corrected chi connectivity index (χ3v) is 5.74. The summed E-state index contributed by atoms with van der Waals surface area (Å²) < 4.78 is 27.5. The fourth-order valence-electron chi connectivity index (χ4n) is 2.84. The van der Waals surface area contributed by atoms with Gasteiger partial charge in [0.1, 0.15) is 0 Å². The number of carbonyl (C=O) groups excluding carboxylic acids is 1. The van der Waals surface area contributed by atoms with E-state index in [-0.39, 0.29) is 10.8 Å². The molecule has 0 spiro atoms. The Morgan fingerprint density at radius 3 is 2.15 bits per heavy atom. The summed E-state index contributed by atoms with van der Waals surface area (Å²) in [4.78, 5) is 12.4. The second kappa shape index (κ2) is 7.88. The molecule has 26 heavy (non-hydrogen) atoms. The Hall–Kier alpha value is -2.38. The normalized spacial score (nSPS) is 15.4. The molecule has 1 saturated heterocycles. The molecule has 0 radical (unpaired) electrons. The molecule has 2 aromatic carbocycles. The van der Waals surface area contributed by atoms with Crippen LogP contribution in [0.3, 0.4) is 0 Å². The molecular weight excluding hydrogens is 350 g/mol. The molecule has 138 valence electrons. The molecule has 2 N–H and O–H groups in total. The number of aryl methyl sites for hydroxylation is 1. The molecule has 1 heterocycles. The van der Waals surface area contributed by atoms with Crippen LogP contribution in [0.25, 0.3) is 0 Å². The van der Waals surface area contributed by atoms with Crippen LogP contribution in [0.4, 0.5) is 5.69 Å². The molecule has 2 aromatic rings. The zero-order valence-electron chi connectivity index (χ0n) is 14.7. The molecule has 0 aromatic heterocycles. The average molecular weight is 373 g/mol. The fraction of sp³-hybridized carbons (Fsp3) is 0.316. The first-order valence-corrected chi connectivity index (χ1v) is 10.2. The molecule has 0 unspecified atom stereocenters. The van der Waals surface area contributed by atoms with Crippen molar-refractivity contribution in [3.8, 4) is 0 Å². The van der Waals surface area contributed by atoms with Crippen LogP contribution in [-0.4, -0.2) is 32.4 Å². The molecular formula is C19H23N3O3S. The lowest BCUT2D eigenvalue weighted by atomic mass is 10.1. The molecule has 6 nitrogen and oxygen atoms in total. The summed E-state index contributed by atoms with van der Waals surface area (Å²) in [5.74, 6) is -0.220. The standard InChI is InChI=1S/C19H23N3O3S/c1-15-5-9-17(10-6-15)21-26(24,25)18-11-7-16(8-12-18)19(23)20-22-13-3-2-4-14-22/h5-12,21H,2-4,13-14H2,1H3,(H,20,23). The Morgan fingerprint density at radius 2 is 1.54 bits per heavy atom. The number of sulfonamides is 1. The summed E-state index contributed by atoms with van der Waals surface area (Å²) in [7, 11) is -3.69. The Balaban J connectivity index is 1.67. The zero-order valence-corrected chi connectivity index (χ0v) is 15.6. The number of benzene rings is 2. The van der Waals surface area contributed by atoms with E-state index in [1.807, 2.05) is 24.1 Å². The van der Waals surface area contributed by atoms with Gasteiger partial charge < -0.3 is 0 Å². The van der Waals surface area contributed by atoms with Crippen molar-refractivity contribution < 1.29 is 13.2 Å². The van der Waals surface area contributed by atoms with E-state index < -0.39 is 10.0 Å². The number of nitrogens with one attached hydrogen (secondary N) is 2. The van der Waals surface area contributed by atoms with Crippen LogP contribution >= 0.6 is 0 Å². The number of rotatable bonds is 5. The van der Waals surface area contributed by atoms with Crippen molar-refractivity contribution >= 4 is 21.6 Å². The first kappa shape index (κ1) is 18.4. The molecule has 1 aliphatic rings. The Morgan fingerprint density at radius 1 is 0.923 bits per heavy atom. The van der Waals surface area contributed by atoms with Gasteiger partial charge >= 0.3 is 0 Å². The summed E-state index contributed by atoms with van der Waals surface area (Å²) in [6.45, 7) is 3.63. The van der Waals surface area contributed by atoms with Crippen LogP contribution in [0, 0.1) is 6.92 Å². The molecule has 3 rings (SSSR count). The molecule has 0 bridgehead atoms. The predicted molar refractivity (Wildman–Crippen MR) is 101 cm³/mol. The minimum Gasteiger partial charge on any atom is -0.285 e. The molecule has 1 amide bonds. The highest BCUT2D eigenvalue weighted by Crippen LogP contribution is 2.17. The van der Waals surface area contributed by atoms with Crippen molar-refractivity contribution in [3.05, 3.63) is 59.7 Å². The third-order valence-electron chi connectivity index (χ3n) is 4.35. The van der Waals surface area contributed by atoms with Crippen molar-refractivity contribution in [1.29, 1.82) is 0 Å². The van der Waals surface area contributed by atoms with E-state index in [0.29, 0.717) is 11.3 Å². The summed E-state index contributed by atoms with van der Waals surface area (Å²) in [5.41, 5.74) is 4.86. The van der Waals surface area contributed by atoms with Crippen LogP contribution in [0.5, 0.6) is 0 Å². The monoisotopic (exact) mass is 373 g/mol. The maximum absolute atomic E-state index is 12.5. The largest absolute Gasteiger partial charge is 0.285 e. The van der Waals surface area contributed by atoms with Gasteiger partial charge in [-0.05, 0) is 56.2 Å². The smallest absolute Gasteiger partial charge is 0.265 e. The molecule has 1 aliphatic heterocycles. The number of hydrogen-bond donors (Lipinski definition) is 2. The maximum atomic E-state index is 12.5. The second-order valence-electron chi connectivity index (χ2n) is 6.48. The second-order valence-corrected chi connectivity index (χ2v) is 8.17. The highest BCUT2D eigenvalue weighted by atomic mass is 32.2. The van der Waals surface area contributed by atoms with Crippen LogP contribution in [0.15, 0.2) is 53.4 Å². The minimum atomic E-state index is -3.69. The maximum Gasteiger partial charge on any atom is 0.265 e. The van der Waals surface area contributed by atoms with Gasteiger partial charge in [0.05, 0.1) is 4.90 Å². The Bertz CT molecular complexity index is 856. The molecule has 0 atom stereocenters. The van der Waals surface area contributed by atoms with Crippen LogP contribution in [-0.2, 0) is 10.0 Å². The van der Waals surface area contributed by atoms with Crippen molar-refractivity contribution in [2.24, 2.45) is 0 Å². The topological polar surface area (TPSA) is 78.5 Å². The molecule has 0 aliphatic carbocycles. The SMILES string of the molecule is Cc1ccc(NS(=O)(=O)c2ccc(C(=O)NN3CCCCC3)cc2)cc1. The van der Waals surface area contributed by atoms with Crippen molar-refractivity contribution in [3.63, 3.8) is 0 Å². The highest BCUT2D eigenvalue weighted by molar-refractivity contribution is 7.92. The first-order chi connectivity index (χ1) is 12.4. The van der Waals surface area contributed by atoms with E-state index in [4.69, 9.17) is 0 Å². The van der Waals surface area contributed by atoms with Crippen molar-refractivity contribution in [2.75, 3.05) is 17.8 Å². The van der Waals surface area contributed by atoms with Gasteiger partial charge in [-0.2, -0.15) is 0 Å². The predicted octanol–water partition coefficient (Wildman–Crippen LogP) is 2.93.